The Morgan fingerprint density at radius 3 is 2.46 bits per heavy atom. The molecule has 1 amide bonds. The van der Waals surface area contributed by atoms with Crippen molar-refractivity contribution in [1.82, 2.24) is 10.3 Å². The van der Waals surface area contributed by atoms with Crippen LogP contribution < -0.4 is 14.8 Å². The molecule has 1 aliphatic rings. The Morgan fingerprint density at radius 1 is 1.06 bits per heavy atom. The van der Waals surface area contributed by atoms with E-state index < -0.39 is 35.7 Å². The van der Waals surface area contributed by atoms with E-state index in [1.165, 1.54) is 0 Å². The SMILES string of the molecule is COc1ccc2c(OC3CC(NC(=O)OC(C)(C)C)C(C(=O)O)C3)cc(-c3ccccc3)nc2c1. The maximum absolute atomic E-state index is 12.3. The van der Waals surface area contributed by atoms with Gasteiger partial charge in [-0.2, -0.15) is 0 Å². The van der Waals surface area contributed by atoms with Crippen LogP contribution in [0.25, 0.3) is 22.2 Å². The number of carboxylic acid groups (broad SMARTS) is 1. The second-order valence-corrected chi connectivity index (χ2v) is 9.66. The molecule has 3 aromatic rings. The molecule has 0 bridgehead atoms. The fourth-order valence-corrected chi connectivity index (χ4v) is 4.32. The third-order valence-corrected chi connectivity index (χ3v) is 5.88. The zero-order valence-corrected chi connectivity index (χ0v) is 20.3. The fraction of sp³-hybridized carbons (Fsp3) is 0.370. The Hall–Kier alpha value is -3.81. The normalized spacial score (nSPS) is 19.8. The Bertz CT molecular complexity index is 1220. The molecule has 0 spiro atoms. The maximum Gasteiger partial charge on any atom is 0.407 e. The molecule has 1 saturated carbocycles. The number of hydrogen-bond donors (Lipinski definition) is 2. The van der Waals surface area contributed by atoms with E-state index in [1.54, 1.807) is 27.9 Å². The lowest BCUT2D eigenvalue weighted by molar-refractivity contribution is -0.142. The Kier molecular flexibility index (Phi) is 6.82. The maximum atomic E-state index is 12.3. The summed E-state index contributed by atoms with van der Waals surface area (Å²) in [5.74, 6) is -0.487. The molecule has 1 heterocycles. The lowest BCUT2D eigenvalue weighted by Gasteiger charge is -2.23. The molecule has 8 nitrogen and oxygen atoms in total. The number of carboxylic acids is 1. The quantitative estimate of drug-likeness (QED) is 0.511. The summed E-state index contributed by atoms with van der Waals surface area (Å²) in [7, 11) is 1.60. The van der Waals surface area contributed by atoms with Crippen LogP contribution >= 0.6 is 0 Å². The molecule has 1 fully saturated rings. The molecule has 4 rings (SSSR count). The van der Waals surface area contributed by atoms with Crippen molar-refractivity contribution in [2.75, 3.05) is 7.11 Å². The number of ether oxygens (including phenoxy) is 3. The number of hydrogen-bond acceptors (Lipinski definition) is 6. The predicted octanol–water partition coefficient (Wildman–Crippen LogP) is 5.05. The molecular formula is C27H30N2O6. The topological polar surface area (TPSA) is 107 Å². The number of nitrogens with zero attached hydrogens (tertiary/aromatic N) is 1. The predicted molar refractivity (Wildman–Crippen MR) is 132 cm³/mol. The zero-order chi connectivity index (χ0) is 25.2. The number of aromatic nitrogens is 1. The molecule has 35 heavy (non-hydrogen) atoms. The average molecular weight is 479 g/mol. The van der Waals surface area contributed by atoms with Crippen LogP contribution in [0.5, 0.6) is 11.5 Å². The number of nitrogens with one attached hydrogen (secondary N) is 1. The van der Waals surface area contributed by atoms with E-state index >= 15 is 0 Å². The number of alkyl carbamates (subject to hydrolysis) is 1. The summed E-state index contributed by atoms with van der Waals surface area (Å²) in [4.78, 5) is 29.0. The number of methoxy groups -OCH3 is 1. The minimum Gasteiger partial charge on any atom is -0.497 e. The van der Waals surface area contributed by atoms with Gasteiger partial charge in [0.1, 0.15) is 23.2 Å². The lowest BCUT2D eigenvalue weighted by Crippen LogP contribution is -2.43. The first-order valence-corrected chi connectivity index (χ1v) is 11.6. The van der Waals surface area contributed by atoms with Gasteiger partial charge < -0.3 is 24.6 Å². The number of rotatable bonds is 6. The van der Waals surface area contributed by atoms with E-state index in [1.807, 2.05) is 54.6 Å². The summed E-state index contributed by atoms with van der Waals surface area (Å²) in [6.45, 7) is 5.28. The summed E-state index contributed by atoms with van der Waals surface area (Å²) in [5.41, 5.74) is 1.69. The summed E-state index contributed by atoms with van der Waals surface area (Å²) >= 11 is 0. The zero-order valence-electron chi connectivity index (χ0n) is 20.3. The minimum atomic E-state index is -0.980. The first-order valence-electron chi connectivity index (χ1n) is 11.6. The third kappa shape index (κ3) is 5.82. The number of fused-ring (bicyclic) bond motifs is 1. The smallest absolute Gasteiger partial charge is 0.407 e. The number of aliphatic carboxylic acids is 1. The van der Waals surface area contributed by atoms with E-state index in [0.717, 1.165) is 16.6 Å². The standard InChI is InChI=1S/C27H30N2O6/c1-27(2,3)35-26(32)29-23-14-18(12-20(23)25(30)31)34-24-15-21(16-8-6-5-7-9-16)28-22-13-17(33-4)10-11-19(22)24/h5-11,13,15,18,20,23H,12,14H2,1-4H3,(H,29,32)(H,30,31). The molecule has 0 saturated heterocycles. The molecule has 0 aliphatic heterocycles. The van der Waals surface area contributed by atoms with Crippen molar-refractivity contribution in [2.24, 2.45) is 5.92 Å². The number of carbonyl (C=O) groups is 2. The Morgan fingerprint density at radius 2 is 1.80 bits per heavy atom. The minimum absolute atomic E-state index is 0.260. The molecule has 0 radical (unpaired) electrons. The van der Waals surface area contributed by atoms with E-state index in [9.17, 15) is 14.7 Å². The van der Waals surface area contributed by atoms with Gasteiger partial charge in [0, 0.05) is 35.5 Å². The molecular weight excluding hydrogens is 448 g/mol. The van der Waals surface area contributed by atoms with Crippen molar-refractivity contribution in [1.29, 1.82) is 0 Å². The molecule has 1 aromatic heterocycles. The van der Waals surface area contributed by atoms with Crippen LogP contribution in [0.2, 0.25) is 0 Å². The highest BCUT2D eigenvalue weighted by atomic mass is 16.6. The number of carbonyl (C=O) groups excluding carboxylic acids is 1. The van der Waals surface area contributed by atoms with Gasteiger partial charge in [-0.1, -0.05) is 30.3 Å². The van der Waals surface area contributed by atoms with Crippen LogP contribution in [0.3, 0.4) is 0 Å². The Labute approximate surface area is 204 Å². The summed E-state index contributed by atoms with van der Waals surface area (Å²) in [5, 5.41) is 13.3. The van der Waals surface area contributed by atoms with Gasteiger partial charge in [-0.25, -0.2) is 9.78 Å². The molecule has 2 N–H and O–H groups in total. The van der Waals surface area contributed by atoms with Crippen LogP contribution in [0, 0.1) is 5.92 Å². The molecule has 1 aliphatic carbocycles. The van der Waals surface area contributed by atoms with Gasteiger partial charge in [-0.15, -0.1) is 0 Å². The van der Waals surface area contributed by atoms with Gasteiger partial charge in [0.25, 0.3) is 0 Å². The first-order chi connectivity index (χ1) is 16.6. The van der Waals surface area contributed by atoms with Crippen molar-refractivity contribution in [3.63, 3.8) is 0 Å². The molecule has 184 valence electrons. The van der Waals surface area contributed by atoms with Crippen molar-refractivity contribution >= 4 is 23.0 Å². The van der Waals surface area contributed by atoms with Crippen molar-refractivity contribution < 1.29 is 28.9 Å². The van der Waals surface area contributed by atoms with Crippen LogP contribution in [0.4, 0.5) is 4.79 Å². The summed E-state index contributed by atoms with van der Waals surface area (Å²) < 4.78 is 17.1. The highest BCUT2D eigenvalue weighted by Gasteiger charge is 2.41. The van der Waals surface area contributed by atoms with Crippen LogP contribution in [-0.2, 0) is 9.53 Å². The highest BCUT2D eigenvalue weighted by Crippen LogP contribution is 2.36. The van der Waals surface area contributed by atoms with Gasteiger partial charge in [-0.05, 0) is 39.3 Å². The van der Waals surface area contributed by atoms with Gasteiger partial charge in [0.2, 0.25) is 0 Å². The number of benzene rings is 2. The fourth-order valence-electron chi connectivity index (χ4n) is 4.32. The second-order valence-electron chi connectivity index (χ2n) is 9.66. The Balaban J connectivity index is 1.63. The molecule has 2 aromatic carbocycles. The summed E-state index contributed by atoms with van der Waals surface area (Å²) in [6.07, 6.45) is -0.442. The van der Waals surface area contributed by atoms with Crippen LogP contribution in [0.15, 0.2) is 54.6 Å². The van der Waals surface area contributed by atoms with Crippen molar-refractivity contribution in [3.8, 4) is 22.8 Å². The summed E-state index contributed by atoms with van der Waals surface area (Å²) in [6, 6.07) is 16.6. The van der Waals surface area contributed by atoms with Gasteiger partial charge >= 0.3 is 12.1 Å². The second kappa shape index (κ2) is 9.82. The lowest BCUT2D eigenvalue weighted by atomic mass is 10.0. The van der Waals surface area contributed by atoms with Gasteiger partial charge in [0.05, 0.1) is 24.2 Å². The molecule has 3 atom stereocenters. The van der Waals surface area contributed by atoms with Gasteiger partial charge in [-0.3, -0.25) is 4.79 Å². The third-order valence-electron chi connectivity index (χ3n) is 5.88. The van der Waals surface area contributed by atoms with E-state index in [4.69, 9.17) is 19.2 Å². The highest BCUT2D eigenvalue weighted by molar-refractivity contribution is 5.89. The van der Waals surface area contributed by atoms with Gasteiger partial charge in [0.15, 0.2) is 0 Å². The number of pyridine rings is 1. The first kappa shape index (κ1) is 24.3. The van der Waals surface area contributed by atoms with Crippen molar-refractivity contribution in [3.05, 3.63) is 54.6 Å². The van der Waals surface area contributed by atoms with E-state index in [-0.39, 0.29) is 6.42 Å². The van der Waals surface area contributed by atoms with Crippen LogP contribution in [0.1, 0.15) is 33.6 Å². The number of amides is 1. The molecule has 3 unspecified atom stereocenters. The largest absolute Gasteiger partial charge is 0.497 e. The average Bonchev–Trinajstić information content (AvgIpc) is 3.20. The monoisotopic (exact) mass is 478 g/mol. The van der Waals surface area contributed by atoms with Crippen LogP contribution in [-0.4, -0.2) is 47.0 Å². The van der Waals surface area contributed by atoms with Crippen molar-refractivity contribution in [2.45, 2.75) is 51.4 Å². The van der Waals surface area contributed by atoms with E-state index in [2.05, 4.69) is 5.32 Å². The molecule has 8 heteroatoms. The van der Waals surface area contributed by atoms with E-state index in [0.29, 0.717) is 23.4 Å².